The number of aliphatic hydroxyl groups is 1. The van der Waals surface area contributed by atoms with Gasteiger partial charge in [-0.05, 0) is 18.1 Å². The van der Waals surface area contributed by atoms with Gasteiger partial charge < -0.3 is 14.6 Å². The van der Waals surface area contributed by atoms with Crippen LogP contribution < -0.4 is 4.74 Å². The number of alkyl halides is 3. The van der Waals surface area contributed by atoms with E-state index in [0.29, 0.717) is 23.5 Å². The Balaban J connectivity index is 2.29. The molecule has 138 valence electrons. The zero-order valence-electron chi connectivity index (χ0n) is 13.9. The Kier molecular flexibility index (Phi) is 5.81. The summed E-state index contributed by atoms with van der Waals surface area (Å²) in [5.41, 5.74) is -0.452. The third-order valence-electron chi connectivity index (χ3n) is 3.32. The van der Waals surface area contributed by atoms with Crippen molar-refractivity contribution in [2.24, 2.45) is 0 Å². The molecule has 0 unspecified atom stereocenters. The summed E-state index contributed by atoms with van der Waals surface area (Å²) in [6.07, 6.45) is -4.03. The van der Waals surface area contributed by atoms with Crippen molar-refractivity contribution in [1.82, 2.24) is 9.97 Å². The number of aryl methyl sites for hydroxylation is 1. The van der Waals surface area contributed by atoms with Gasteiger partial charge in [0, 0.05) is 6.07 Å². The number of halogens is 3. The number of hydrogen-bond acceptors (Lipinski definition) is 6. The van der Waals surface area contributed by atoms with E-state index in [0.717, 1.165) is 7.11 Å². The molecule has 0 aliphatic rings. The fourth-order valence-corrected chi connectivity index (χ4v) is 2.16. The first kappa shape index (κ1) is 19.2. The molecule has 0 radical (unpaired) electrons. The average molecular weight is 368 g/mol. The molecular formula is C17H15F3N2O4. The summed E-state index contributed by atoms with van der Waals surface area (Å²) in [6, 6.07) is 7.12. The number of hydrogen-bond donors (Lipinski definition) is 1. The first-order valence-electron chi connectivity index (χ1n) is 7.33. The Morgan fingerprint density at radius 2 is 1.96 bits per heavy atom. The Labute approximate surface area is 146 Å². The number of esters is 1. The highest BCUT2D eigenvalue weighted by molar-refractivity contribution is 6.16. The topological polar surface area (TPSA) is 81.5 Å². The van der Waals surface area contributed by atoms with E-state index in [2.05, 4.69) is 14.7 Å². The number of nitrogens with zero attached hydrogens (tertiary/aromatic N) is 2. The second-order valence-electron chi connectivity index (χ2n) is 5.12. The fraction of sp³-hybridized carbons (Fsp3) is 0.235. The van der Waals surface area contributed by atoms with E-state index in [4.69, 9.17) is 4.74 Å². The molecule has 0 spiro atoms. The lowest BCUT2D eigenvalue weighted by Crippen LogP contribution is -2.11. The summed E-state index contributed by atoms with van der Waals surface area (Å²) in [5, 5.41) is 9.30. The van der Waals surface area contributed by atoms with E-state index >= 15 is 0 Å². The van der Waals surface area contributed by atoms with Crippen LogP contribution in [-0.2, 0) is 22.3 Å². The lowest BCUT2D eigenvalue weighted by atomic mass is 10.0. The van der Waals surface area contributed by atoms with Crippen LogP contribution in [-0.4, -0.2) is 28.2 Å². The molecule has 0 saturated heterocycles. The zero-order chi connectivity index (χ0) is 19.3. The molecule has 1 N–H and O–H groups in total. The number of carbonyl (C=O) groups is 1. The van der Waals surface area contributed by atoms with Crippen LogP contribution in [0.5, 0.6) is 5.88 Å². The van der Waals surface area contributed by atoms with Gasteiger partial charge in [0.15, 0.2) is 5.69 Å². The number of methoxy groups -OCH3 is 1. The molecule has 0 fully saturated rings. The van der Waals surface area contributed by atoms with E-state index in [-0.39, 0.29) is 23.9 Å². The molecule has 2 aromatic rings. The minimum atomic E-state index is -4.62. The van der Waals surface area contributed by atoms with Crippen molar-refractivity contribution in [2.75, 3.05) is 7.11 Å². The van der Waals surface area contributed by atoms with Crippen molar-refractivity contribution in [3.8, 4) is 5.88 Å². The highest BCUT2D eigenvalue weighted by Gasteiger charge is 2.33. The van der Waals surface area contributed by atoms with Crippen LogP contribution in [0.4, 0.5) is 13.2 Å². The Morgan fingerprint density at radius 3 is 2.58 bits per heavy atom. The Hall–Kier alpha value is -3.10. The van der Waals surface area contributed by atoms with Crippen LogP contribution in [0.25, 0.3) is 5.57 Å². The molecule has 0 bridgehead atoms. The fourth-order valence-electron chi connectivity index (χ4n) is 2.16. The maximum absolute atomic E-state index is 12.8. The van der Waals surface area contributed by atoms with Gasteiger partial charge in [0.05, 0.1) is 13.4 Å². The number of benzene rings is 1. The largest absolute Gasteiger partial charge is 0.515 e. The molecule has 0 amide bonds. The van der Waals surface area contributed by atoms with Crippen molar-refractivity contribution in [3.63, 3.8) is 0 Å². The molecule has 2 rings (SSSR count). The van der Waals surface area contributed by atoms with Gasteiger partial charge in [-0.25, -0.2) is 9.78 Å². The van der Waals surface area contributed by atoms with Crippen LogP contribution >= 0.6 is 0 Å². The van der Waals surface area contributed by atoms with Crippen LogP contribution in [0.1, 0.15) is 22.6 Å². The van der Waals surface area contributed by atoms with Crippen LogP contribution in [0.2, 0.25) is 0 Å². The molecule has 26 heavy (non-hydrogen) atoms. The van der Waals surface area contributed by atoms with E-state index in [1.807, 2.05) is 0 Å². The van der Waals surface area contributed by atoms with Gasteiger partial charge in [-0.1, -0.05) is 24.3 Å². The van der Waals surface area contributed by atoms with E-state index in [9.17, 15) is 23.1 Å². The van der Waals surface area contributed by atoms with Gasteiger partial charge in [0.2, 0.25) is 5.88 Å². The maximum atomic E-state index is 12.8. The third-order valence-corrected chi connectivity index (χ3v) is 3.32. The molecule has 6 nitrogen and oxygen atoms in total. The summed E-state index contributed by atoms with van der Waals surface area (Å²) < 4.78 is 48.4. The molecule has 0 aliphatic carbocycles. The SMILES string of the molecule is COC(=O)/C(=C/O)c1ccccc1COc1cc(C(F)(F)F)nc(C)n1. The van der Waals surface area contributed by atoms with Gasteiger partial charge >= 0.3 is 12.1 Å². The maximum Gasteiger partial charge on any atom is 0.433 e. The molecule has 1 aromatic heterocycles. The Bertz CT molecular complexity index is 835. The standard InChI is InChI=1S/C17H15F3N2O4/c1-10-21-14(17(18,19)20)7-15(22-10)26-9-11-5-3-4-6-12(11)13(8-23)16(24)25-2/h3-8,23H,9H2,1-2H3/b13-8+. The van der Waals surface area contributed by atoms with Crippen molar-refractivity contribution in [2.45, 2.75) is 19.7 Å². The van der Waals surface area contributed by atoms with Gasteiger partial charge in [-0.3, -0.25) is 0 Å². The summed E-state index contributed by atoms with van der Waals surface area (Å²) in [4.78, 5) is 18.9. The highest BCUT2D eigenvalue weighted by Crippen LogP contribution is 2.30. The average Bonchev–Trinajstić information content (AvgIpc) is 2.60. The predicted molar refractivity (Wildman–Crippen MR) is 85.2 cm³/mol. The first-order valence-corrected chi connectivity index (χ1v) is 7.33. The smallest absolute Gasteiger partial charge is 0.433 e. The molecule has 0 atom stereocenters. The summed E-state index contributed by atoms with van der Waals surface area (Å²) in [6.45, 7) is 1.14. The normalized spacial score (nSPS) is 12.0. The number of rotatable bonds is 5. The summed E-state index contributed by atoms with van der Waals surface area (Å²) in [7, 11) is 1.16. The van der Waals surface area contributed by atoms with Crippen molar-refractivity contribution in [3.05, 3.63) is 59.2 Å². The number of ether oxygens (including phenoxy) is 2. The first-order chi connectivity index (χ1) is 12.3. The third kappa shape index (κ3) is 4.50. The highest BCUT2D eigenvalue weighted by atomic mass is 19.4. The molecule has 1 heterocycles. The predicted octanol–water partition coefficient (Wildman–Crippen LogP) is 3.45. The second-order valence-corrected chi connectivity index (χ2v) is 5.12. The lowest BCUT2D eigenvalue weighted by molar-refractivity contribution is -0.141. The molecule has 1 aromatic carbocycles. The van der Waals surface area contributed by atoms with Crippen LogP contribution in [0, 0.1) is 6.92 Å². The van der Waals surface area contributed by atoms with E-state index in [1.165, 1.54) is 6.92 Å². The minimum absolute atomic E-state index is 0.0892. The van der Waals surface area contributed by atoms with Crippen molar-refractivity contribution >= 4 is 11.5 Å². The second kappa shape index (κ2) is 7.85. The summed E-state index contributed by atoms with van der Waals surface area (Å²) >= 11 is 0. The van der Waals surface area contributed by atoms with Crippen LogP contribution in [0.15, 0.2) is 36.6 Å². The number of aromatic nitrogens is 2. The number of aliphatic hydroxyl groups excluding tert-OH is 1. The van der Waals surface area contributed by atoms with Gasteiger partial charge in [-0.2, -0.15) is 18.2 Å². The van der Waals surface area contributed by atoms with Gasteiger partial charge in [0.25, 0.3) is 0 Å². The molecule has 9 heteroatoms. The van der Waals surface area contributed by atoms with E-state index < -0.39 is 17.8 Å². The minimum Gasteiger partial charge on any atom is -0.515 e. The zero-order valence-corrected chi connectivity index (χ0v) is 13.9. The van der Waals surface area contributed by atoms with Crippen LogP contribution in [0.3, 0.4) is 0 Å². The lowest BCUT2D eigenvalue weighted by Gasteiger charge is -2.13. The van der Waals surface area contributed by atoms with Crippen molar-refractivity contribution < 1.29 is 32.5 Å². The monoisotopic (exact) mass is 368 g/mol. The molecular weight excluding hydrogens is 353 g/mol. The Morgan fingerprint density at radius 1 is 1.27 bits per heavy atom. The molecule has 0 aliphatic heterocycles. The summed E-state index contributed by atoms with van der Waals surface area (Å²) in [5.74, 6) is -1.11. The quantitative estimate of drug-likeness (QED) is 0.495. The van der Waals surface area contributed by atoms with Gasteiger partial charge in [-0.15, -0.1) is 0 Å². The number of carbonyl (C=O) groups excluding carboxylic acids is 1. The van der Waals surface area contributed by atoms with E-state index in [1.54, 1.807) is 24.3 Å². The molecule has 0 saturated carbocycles. The van der Waals surface area contributed by atoms with Crippen molar-refractivity contribution in [1.29, 1.82) is 0 Å². The van der Waals surface area contributed by atoms with Gasteiger partial charge in [0.1, 0.15) is 18.0 Å².